The van der Waals surface area contributed by atoms with Crippen LogP contribution in [-0.2, 0) is 0 Å². The van der Waals surface area contributed by atoms with E-state index in [0.29, 0.717) is 11.6 Å². The fraction of sp³-hybridized carbons (Fsp3) is 0.583. The van der Waals surface area contributed by atoms with Crippen molar-refractivity contribution in [1.82, 2.24) is 9.88 Å². The Morgan fingerprint density at radius 1 is 1.61 bits per heavy atom. The zero-order chi connectivity index (χ0) is 13.1. The molecule has 0 amide bonds. The zero-order valence-corrected chi connectivity index (χ0v) is 10.7. The molecule has 1 unspecified atom stereocenters. The molecule has 0 saturated carbocycles. The summed E-state index contributed by atoms with van der Waals surface area (Å²) in [7, 11) is 2.10. The van der Waals surface area contributed by atoms with Crippen LogP contribution in [0.4, 0.5) is 11.5 Å². The van der Waals surface area contributed by atoms with Crippen LogP contribution in [0.2, 0.25) is 0 Å². The number of aryl methyl sites for hydroxylation is 1. The van der Waals surface area contributed by atoms with Crippen molar-refractivity contribution in [3.8, 4) is 0 Å². The maximum absolute atomic E-state index is 10.7. The van der Waals surface area contributed by atoms with Crippen LogP contribution >= 0.6 is 0 Å². The van der Waals surface area contributed by atoms with Crippen LogP contribution in [0.5, 0.6) is 0 Å². The number of hydrogen-bond donors (Lipinski definition) is 1. The Bertz CT molecular complexity index is 450. The lowest BCUT2D eigenvalue weighted by Gasteiger charge is -2.30. The summed E-state index contributed by atoms with van der Waals surface area (Å²) in [5.41, 5.74) is 0.711. The molecule has 1 aliphatic heterocycles. The van der Waals surface area contributed by atoms with Crippen molar-refractivity contribution in [1.29, 1.82) is 0 Å². The van der Waals surface area contributed by atoms with Gasteiger partial charge >= 0.3 is 0 Å². The number of likely N-dealkylation sites (N-methyl/N-ethyl adjacent to an activating group) is 1. The minimum absolute atomic E-state index is 0.0707. The van der Waals surface area contributed by atoms with Gasteiger partial charge in [-0.3, -0.25) is 10.1 Å². The minimum atomic E-state index is -0.402. The summed E-state index contributed by atoms with van der Waals surface area (Å²) in [5, 5.41) is 14.0. The molecule has 1 aliphatic rings. The van der Waals surface area contributed by atoms with E-state index in [4.69, 9.17) is 0 Å². The normalized spacial score (nSPS) is 20.7. The standard InChI is InChI=1S/C12H18N4O2/c1-9-6-12(13-7-11(9)16(17)18)14-10-4-3-5-15(2)8-10/h6-7,10H,3-5,8H2,1-2H3,(H,13,14). The van der Waals surface area contributed by atoms with Crippen LogP contribution in [0.25, 0.3) is 0 Å². The molecule has 0 aromatic carbocycles. The molecule has 6 heteroatoms. The van der Waals surface area contributed by atoms with E-state index in [1.807, 2.05) is 0 Å². The maximum Gasteiger partial charge on any atom is 0.290 e. The third-order valence-corrected chi connectivity index (χ3v) is 3.26. The predicted molar refractivity (Wildman–Crippen MR) is 69.8 cm³/mol. The van der Waals surface area contributed by atoms with Gasteiger partial charge in [-0.25, -0.2) is 4.98 Å². The molecule has 2 rings (SSSR count). The average molecular weight is 250 g/mol. The Kier molecular flexibility index (Phi) is 3.76. The van der Waals surface area contributed by atoms with E-state index >= 15 is 0 Å². The third kappa shape index (κ3) is 2.95. The molecule has 98 valence electrons. The molecule has 1 aromatic rings. The van der Waals surface area contributed by atoms with E-state index in [2.05, 4.69) is 22.2 Å². The first-order chi connectivity index (χ1) is 8.56. The Balaban J connectivity index is 2.05. The summed E-state index contributed by atoms with van der Waals surface area (Å²) in [5.74, 6) is 0.721. The number of nitrogens with one attached hydrogen (secondary N) is 1. The number of rotatable bonds is 3. The molecule has 1 saturated heterocycles. The van der Waals surface area contributed by atoms with E-state index in [-0.39, 0.29) is 5.69 Å². The lowest BCUT2D eigenvalue weighted by atomic mass is 10.1. The first kappa shape index (κ1) is 12.8. The lowest BCUT2D eigenvalue weighted by molar-refractivity contribution is -0.385. The van der Waals surface area contributed by atoms with Crippen LogP contribution in [0.1, 0.15) is 18.4 Å². The van der Waals surface area contributed by atoms with Gasteiger partial charge in [-0.15, -0.1) is 0 Å². The monoisotopic (exact) mass is 250 g/mol. The van der Waals surface area contributed by atoms with Crippen molar-refractivity contribution in [2.45, 2.75) is 25.8 Å². The largest absolute Gasteiger partial charge is 0.366 e. The topological polar surface area (TPSA) is 71.3 Å². The van der Waals surface area contributed by atoms with Gasteiger partial charge < -0.3 is 10.2 Å². The van der Waals surface area contributed by atoms with Crippen LogP contribution < -0.4 is 5.32 Å². The van der Waals surface area contributed by atoms with Crippen LogP contribution in [0, 0.1) is 17.0 Å². The second-order valence-corrected chi connectivity index (χ2v) is 4.86. The van der Waals surface area contributed by atoms with Gasteiger partial charge in [0, 0.05) is 18.2 Å². The SMILES string of the molecule is Cc1cc(NC2CCCN(C)C2)ncc1[N+](=O)[O-]. The first-order valence-corrected chi connectivity index (χ1v) is 6.12. The van der Waals surface area contributed by atoms with Gasteiger partial charge in [-0.05, 0) is 39.4 Å². The number of likely N-dealkylation sites (tertiary alicyclic amines) is 1. The number of hydrogen-bond acceptors (Lipinski definition) is 5. The number of pyridine rings is 1. The van der Waals surface area contributed by atoms with E-state index < -0.39 is 4.92 Å². The molecule has 0 bridgehead atoms. The molecule has 0 spiro atoms. The first-order valence-electron chi connectivity index (χ1n) is 6.12. The van der Waals surface area contributed by atoms with Crippen molar-refractivity contribution in [2.24, 2.45) is 0 Å². The van der Waals surface area contributed by atoms with E-state index in [1.165, 1.54) is 12.6 Å². The van der Waals surface area contributed by atoms with Gasteiger partial charge in [0.2, 0.25) is 0 Å². The maximum atomic E-state index is 10.7. The van der Waals surface area contributed by atoms with Crippen molar-refractivity contribution in [3.05, 3.63) is 27.9 Å². The fourth-order valence-corrected chi connectivity index (χ4v) is 2.31. The van der Waals surface area contributed by atoms with E-state index in [0.717, 1.165) is 25.3 Å². The Morgan fingerprint density at radius 2 is 2.39 bits per heavy atom. The molecule has 0 aliphatic carbocycles. The second kappa shape index (κ2) is 5.30. The summed E-state index contributed by atoms with van der Waals surface area (Å²) in [6, 6.07) is 2.12. The van der Waals surface area contributed by atoms with Crippen LogP contribution in [0.15, 0.2) is 12.3 Å². The molecule has 1 fully saturated rings. The number of piperidine rings is 1. The lowest BCUT2D eigenvalue weighted by Crippen LogP contribution is -2.39. The summed E-state index contributed by atoms with van der Waals surface area (Å²) in [6.45, 7) is 3.85. The number of nitro groups is 1. The molecule has 1 aromatic heterocycles. The number of anilines is 1. The highest BCUT2D eigenvalue weighted by Crippen LogP contribution is 2.20. The van der Waals surface area contributed by atoms with Gasteiger partial charge in [0.1, 0.15) is 12.0 Å². The molecular weight excluding hydrogens is 232 g/mol. The van der Waals surface area contributed by atoms with Crippen molar-refractivity contribution < 1.29 is 4.92 Å². The summed E-state index contributed by atoms with van der Waals surface area (Å²) < 4.78 is 0. The Hall–Kier alpha value is -1.69. The smallest absolute Gasteiger partial charge is 0.290 e. The quantitative estimate of drug-likeness (QED) is 0.654. The zero-order valence-electron chi connectivity index (χ0n) is 10.7. The Morgan fingerprint density at radius 3 is 3.00 bits per heavy atom. The second-order valence-electron chi connectivity index (χ2n) is 4.86. The van der Waals surface area contributed by atoms with Crippen LogP contribution in [0.3, 0.4) is 0 Å². The van der Waals surface area contributed by atoms with Crippen LogP contribution in [-0.4, -0.2) is 41.0 Å². The molecule has 6 nitrogen and oxygen atoms in total. The van der Waals surface area contributed by atoms with Crippen molar-refractivity contribution in [2.75, 3.05) is 25.5 Å². The van der Waals surface area contributed by atoms with Gasteiger partial charge in [0.25, 0.3) is 5.69 Å². The highest BCUT2D eigenvalue weighted by Gasteiger charge is 2.18. The van der Waals surface area contributed by atoms with Gasteiger partial charge in [-0.2, -0.15) is 0 Å². The van der Waals surface area contributed by atoms with Gasteiger partial charge in [-0.1, -0.05) is 0 Å². The molecular formula is C12H18N4O2. The highest BCUT2D eigenvalue weighted by atomic mass is 16.6. The van der Waals surface area contributed by atoms with Gasteiger partial charge in [0.05, 0.1) is 4.92 Å². The predicted octanol–water partition coefficient (Wildman–Crippen LogP) is 1.80. The van der Waals surface area contributed by atoms with E-state index in [1.54, 1.807) is 13.0 Å². The molecule has 18 heavy (non-hydrogen) atoms. The molecule has 1 N–H and O–H groups in total. The van der Waals surface area contributed by atoms with Gasteiger partial charge in [0.15, 0.2) is 0 Å². The molecule has 2 heterocycles. The highest BCUT2D eigenvalue weighted by molar-refractivity contribution is 5.47. The average Bonchev–Trinajstić information content (AvgIpc) is 2.28. The fourth-order valence-electron chi connectivity index (χ4n) is 2.31. The molecule has 1 atom stereocenters. The number of aromatic nitrogens is 1. The summed E-state index contributed by atoms with van der Waals surface area (Å²) in [4.78, 5) is 16.7. The Labute approximate surface area is 106 Å². The third-order valence-electron chi connectivity index (χ3n) is 3.26. The summed E-state index contributed by atoms with van der Waals surface area (Å²) in [6.07, 6.45) is 3.60. The minimum Gasteiger partial charge on any atom is -0.366 e. The molecule has 0 radical (unpaired) electrons. The van der Waals surface area contributed by atoms with Crippen molar-refractivity contribution >= 4 is 11.5 Å². The number of nitrogens with zero attached hydrogens (tertiary/aromatic N) is 3. The van der Waals surface area contributed by atoms with Crippen molar-refractivity contribution in [3.63, 3.8) is 0 Å². The summed E-state index contributed by atoms with van der Waals surface area (Å²) >= 11 is 0. The van der Waals surface area contributed by atoms with E-state index in [9.17, 15) is 10.1 Å².